The predicted octanol–water partition coefficient (Wildman–Crippen LogP) is 5.33. The van der Waals surface area contributed by atoms with Crippen LogP contribution in [-0.4, -0.2) is 21.7 Å². The van der Waals surface area contributed by atoms with Crippen molar-refractivity contribution in [2.45, 2.75) is 20.0 Å². The van der Waals surface area contributed by atoms with Crippen LogP contribution in [-0.2, 0) is 17.9 Å². The lowest BCUT2D eigenvalue weighted by molar-refractivity contribution is -0.114. The van der Waals surface area contributed by atoms with E-state index in [1.807, 2.05) is 0 Å². The molecule has 2 amide bonds. The van der Waals surface area contributed by atoms with Gasteiger partial charge in [-0.3, -0.25) is 9.59 Å². The highest BCUT2D eigenvalue weighted by Crippen LogP contribution is 2.27. The average Bonchev–Trinajstić information content (AvgIpc) is 2.71. The maximum absolute atomic E-state index is 13.7. The molecule has 154 valence electrons. The lowest BCUT2D eigenvalue weighted by atomic mass is 10.1. The molecule has 1 N–H and O–H groups in total. The predicted molar refractivity (Wildman–Crippen MR) is 115 cm³/mol. The molecule has 0 aliphatic rings. The van der Waals surface area contributed by atoms with Crippen LogP contribution in [0.3, 0.4) is 0 Å². The van der Waals surface area contributed by atoms with Gasteiger partial charge in [0.25, 0.3) is 5.91 Å². The summed E-state index contributed by atoms with van der Waals surface area (Å²) in [4.78, 5) is 30.0. The molecule has 0 radical (unpaired) electrons. The molecule has 0 aliphatic carbocycles. The Labute approximate surface area is 183 Å². The van der Waals surface area contributed by atoms with Crippen LogP contribution in [0, 0.1) is 5.82 Å². The van der Waals surface area contributed by atoms with E-state index in [9.17, 15) is 14.0 Å². The number of nitrogens with zero attached hydrogens (tertiary/aromatic N) is 2. The number of aromatic nitrogens is 1. The molecule has 0 spiro atoms. The number of amides is 2. The summed E-state index contributed by atoms with van der Waals surface area (Å²) in [7, 11) is 0. The van der Waals surface area contributed by atoms with Gasteiger partial charge in [0, 0.05) is 31.8 Å². The maximum atomic E-state index is 13.7. The summed E-state index contributed by atoms with van der Waals surface area (Å²) in [6, 6.07) is 14.1. The number of halogens is 3. The van der Waals surface area contributed by atoms with E-state index in [0.29, 0.717) is 21.4 Å². The van der Waals surface area contributed by atoms with Gasteiger partial charge in [0.1, 0.15) is 11.6 Å². The SMILES string of the molecule is CC(=O)Nc1ccc(CN(Cc2cccc(Cl)c2Cl)C(=O)c2cccc(F)c2)cn1. The molecule has 2 aromatic carbocycles. The summed E-state index contributed by atoms with van der Waals surface area (Å²) < 4.78 is 13.7. The van der Waals surface area contributed by atoms with Crippen molar-refractivity contribution < 1.29 is 14.0 Å². The zero-order valence-electron chi connectivity index (χ0n) is 16.0. The van der Waals surface area contributed by atoms with Gasteiger partial charge < -0.3 is 10.2 Å². The molecule has 0 bridgehead atoms. The van der Waals surface area contributed by atoms with Crippen LogP contribution in [0.2, 0.25) is 10.0 Å². The Kier molecular flexibility index (Phi) is 7.03. The zero-order valence-corrected chi connectivity index (χ0v) is 17.5. The van der Waals surface area contributed by atoms with E-state index >= 15 is 0 Å². The van der Waals surface area contributed by atoms with Gasteiger partial charge in [-0.05, 0) is 41.5 Å². The van der Waals surface area contributed by atoms with E-state index in [4.69, 9.17) is 23.2 Å². The molecule has 1 heterocycles. The number of carbonyl (C=O) groups excluding carboxylic acids is 2. The Balaban J connectivity index is 1.89. The summed E-state index contributed by atoms with van der Waals surface area (Å²) in [5.41, 5.74) is 1.61. The number of hydrogen-bond donors (Lipinski definition) is 1. The monoisotopic (exact) mass is 445 g/mol. The van der Waals surface area contributed by atoms with Gasteiger partial charge >= 0.3 is 0 Å². The second-order valence-corrected chi connectivity index (χ2v) is 7.40. The van der Waals surface area contributed by atoms with Crippen molar-refractivity contribution >= 4 is 40.8 Å². The van der Waals surface area contributed by atoms with E-state index in [1.54, 1.807) is 42.6 Å². The molecule has 0 saturated carbocycles. The topological polar surface area (TPSA) is 62.3 Å². The van der Waals surface area contributed by atoms with E-state index in [0.717, 1.165) is 5.56 Å². The van der Waals surface area contributed by atoms with Crippen LogP contribution in [0.4, 0.5) is 10.2 Å². The average molecular weight is 446 g/mol. The van der Waals surface area contributed by atoms with Crippen molar-refractivity contribution in [3.63, 3.8) is 0 Å². The van der Waals surface area contributed by atoms with Crippen molar-refractivity contribution in [3.8, 4) is 0 Å². The fourth-order valence-corrected chi connectivity index (χ4v) is 3.25. The minimum absolute atomic E-state index is 0.169. The van der Waals surface area contributed by atoms with Crippen molar-refractivity contribution in [2.75, 3.05) is 5.32 Å². The first kappa shape index (κ1) is 21.7. The summed E-state index contributed by atoms with van der Waals surface area (Å²) in [6.45, 7) is 1.76. The molecule has 8 heteroatoms. The van der Waals surface area contributed by atoms with Crippen LogP contribution in [0.25, 0.3) is 0 Å². The van der Waals surface area contributed by atoms with E-state index in [1.165, 1.54) is 30.0 Å². The quantitative estimate of drug-likeness (QED) is 0.557. The Morgan fingerprint density at radius 1 is 1.07 bits per heavy atom. The Hall–Kier alpha value is -2.96. The molecule has 0 fully saturated rings. The molecule has 3 aromatic rings. The van der Waals surface area contributed by atoms with Crippen LogP contribution < -0.4 is 5.32 Å². The van der Waals surface area contributed by atoms with Crippen molar-refractivity contribution in [3.05, 3.63) is 93.3 Å². The first-order valence-electron chi connectivity index (χ1n) is 9.03. The largest absolute Gasteiger partial charge is 0.330 e. The molecule has 1 aromatic heterocycles. The molecular formula is C22H18Cl2FN3O2. The zero-order chi connectivity index (χ0) is 21.7. The highest BCUT2D eigenvalue weighted by atomic mass is 35.5. The van der Waals surface area contributed by atoms with Gasteiger partial charge in [-0.1, -0.05) is 47.5 Å². The van der Waals surface area contributed by atoms with Crippen LogP contribution >= 0.6 is 23.2 Å². The van der Waals surface area contributed by atoms with Gasteiger partial charge in [0.15, 0.2) is 0 Å². The second kappa shape index (κ2) is 9.69. The number of rotatable bonds is 6. The van der Waals surface area contributed by atoms with Gasteiger partial charge in [0.05, 0.1) is 10.0 Å². The van der Waals surface area contributed by atoms with Gasteiger partial charge in [-0.25, -0.2) is 9.37 Å². The number of pyridine rings is 1. The summed E-state index contributed by atoms with van der Waals surface area (Å²) in [5.74, 6) is -0.680. The first-order valence-corrected chi connectivity index (χ1v) is 9.79. The Morgan fingerprint density at radius 2 is 1.83 bits per heavy atom. The summed E-state index contributed by atoms with van der Waals surface area (Å²) in [6.07, 6.45) is 1.57. The molecule has 0 unspecified atom stereocenters. The standard InChI is InChI=1S/C22H18Cl2FN3O2/c1-14(29)27-20-9-8-15(11-26-20)12-28(13-17-5-3-7-19(23)21(17)24)22(30)16-4-2-6-18(25)10-16/h2-11H,12-13H2,1H3,(H,26,27,29). The van der Waals surface area contributed by atoms with Crippen molar-refractivity contribution in [1.29, 1.82) is 0 Å². The first-order chi connectivity index (χ1) is 14.3. The van der Waals surface area contributed by atoms with Crippen molar-refractivity contribution in [1.82, 2.24) is 9.88 Å². The molecular weight excluding hydrogens is 428 g/mol. The normalized spacial score (nSPS) is 10.5. The minimum atomic E-state index is -0.497. The van der Waals surface area contributed by atoms with E-state index in [2.05, 4.69) is 10.3 Å². The van der Waals surface area contributed by atoms with Gasteiger partial charge in [-0.2, -0.15) is 0 Å². The fraction of sp³-hybridized carbons (Fsp3) is 0.136. The van der Waals surface area contributed by atoms with Gasteiger partial charge in [0.2, 0.25) is 5.91 Å². The lowest BCUT2D eigenvalue weighted by Crippen LogP contribution is -2.30. The third-order valence-electron chi connectivity index (χ3n) is 4.25. The third-order valence-corrected chi connectivity index (χ3v) is 5.11. The highest BCUT2D eigenvalue weighted by molar-refractivity contribution is 6.42. The number of hydrogen-bond acceptors (Lipinski definition) is 3. The minimum Gasteiger partial charge on any atom is -0.330 e. The second-order valence-electron chi connectivity index (χ2n) is 6.62. The van der Waals surface area contributed by atoms with Crippen LogP contribution in [0.15, 0.2) is 60.8 Å². The van der Waals surface area contributed by atoms with E-state index < -0.39 is 5.82 Å². The molecule has 0 saturated heterocycles. The number of carbonyl (C=O) groups is 2. The van der Waals surface area contributed by atoms with Gasteiger partial charge in [-0.15, -0.1) is 0 Å². The Bertz CT molecular complexity index is 1070. The molecule has 0 atom stereocenters. The molecule has 0 aliphatic heterocycles. The summed E-state index contributed by atoms with van der Waals surface area (Å²) >= 11 is 12.4. The molecule has 30 heavy (non-hydrogen) atoms. The van der Waals surface area contributed by atoms with Crippen LogP contribution in [0.1, 0.15) is 28.4 Å². The highest BCUT2D eigenvalue weighted by Gasteiger charge is 2.19. The summed E-state index contributed by atoms with van der Waals surface area (Å²) in [5, 5.41) is 3.33. The van der Waals surface area contributed by atoms with E-state index in [-0.39, 0.29) is 30.5 Å². The molecule has 5 nitrogen and oxygen atoms in total. The third kappa shape index (κ3) is 5.55. The number of nitrogens with one attached hydrogen (secondary N) is 1. The number of benzene rings is 2. The fourth-order valence-electron chi connectivity index (χ4n) is 2.87. The maximum Gasteiger partial charge on any atom is 0.254 e. The number of anilines is 1. The van der Waals surface area contributed by atoms with Crippen molar-refractivity contribution in [2.24, 2.45) is 0 Å². The Morgan fingerprint density at radius 3 is 2.50 bits per heavy atom. The van der Waals surface area contributed by atoms with Crippen LogP contribution in [0.5, 0.6) is 0 Å². The smallest absolute Gasteiger partial charge is 0.254 e. The molecule has 3 rings (SSSR count). The lowest BCUT2D eigenvalue weighted by Gasteiger charge is -2.24.